The lowest BCUT2D eigenvalue weighted by atomic mass is 10.1. The Hall–Kier alpha value is -2.12. The fraction of sp³-hybridized carbons (Fsp3) is 0.556. The number of hydrogen-bond acceptors (Lipinski definition) is 5. The maximum absolute atomic E-state index is 12.2. The normalized spacial score (nSPS) is 22.2. The van der Waals surface area contributed by atoms with Gasteiger partial charge in [0.05, 0.1) is 12.6 Å². The Morgan fingerprint density at radius 1 is 1.08 bits per heavy atom. The molecule has 1 atom stereocenters. The highest BCUT2D eigenvalue weighted by molar-refractivity contribution is 6.06. The maximum Gasteiger partial charge on any atom is 0.325 e. The summed E-state index contributed by atoms with van der Waals surface area (Å²) in [5.74, 6) is -0.287. The third kappa shape index (κ3) is 3.93. The van der Waals surface area contributed by atoms with Crippen LogP contribution in [0.2, 0.25) is 0 Å². The number of β-amino-alcohol motifs (C(OH)–C–C–N with tert-alkyl or cyclic N) is 1. The number of amides is 3. The minimum Gasteiger partial charge on any atom is -0.390 e. The van der Waals surface area contributed by atoms with Crippen LogP contribution in [0.1, 0.15) is 13.8 Å². The molecule has 2 aliphatic rings. The van der Waals surface area contributed by atoms with Gasteiger partial charge in [-0.15, -0.1) is 0 Å². The van der Waals surface area contributed by atoms with Crippen molar-refractivity contribution in [1.82, 2.24) is 15.1 Å². The number of rotatable bonds is 5. The van der Waals surface area contributed by atoms with Crippen LogP contribution < -0.4 is 10.2 Å². The van der Waals surface area contributed by atoms with Crippen LogP contribution in [0.25, 0.3) is 0 Å². The van der Waals surface area contributed by atoms with Crippen LogP contribution >= 0.6 is 0 Å². The molecular weight excluding hydrogens is 320 g/mol. The largest absolute Gasteiger partial charge is 0.390 e. The average Bonchev–Trinajstić information content (AvgIpc) is 2.78. The van der Waals surface area contributed by atoms with E-state index in [1.54, 1.807) is 13.8 Å². The molecule has 0 bridgehead atoms. The van der Waals surface area contributed by atoms with Crippen LogP contribution in [0, 0.1) is 0 Å². The van der Waals surface area contributed by atoms with Crippen LogP contribution in [0.3, 0.4) is 0 Å². The molecule has 0 radical (unpaired) electrons. The lowest BCUT2D eigenvalue weighted by Gasteiger charge is -2.37. The predicted octanol–water partition coefficient (Wildman–Crippen LogP) is 0.500. The molecule has 0 spiro atoms. The lowest BCUT2D eigenvalue weighted by molar-refractivity contribution is -0.131. The SMILES string of the molecule is CC1(C)NC(=O)N(CC(O)CN2CCN(c3ccccc3)CC2)C1=O. The Morgan fingerprint density at radius 2 is 1.72 bits per heavy atom. The third-order valence-corrected chi connectivity index (χ3v) is 4.80. The Morgan fingerprint density at radius 3 is 2.28 bits per heavy atom. The van der Waals surface area contributed by atoms with Gasteiger partial charge in [-0.1, -0.05) is 18.2 Å². The highest BCUT2D eigenvalue weighted by atomic mass is 16.3. The highest BCUT2D eigenvalue weighted by Crippen LogP contribution is 2.18. The summed E-state index contributed by atoms with van der Waals surface area (Å²) in [4.78, 5) is 29.7. The zero-order valence-corrected chi connectivity index (χ0v) is 14.8. The van der Waals surface area contributed by atoms with Crippen molar-refractivity contribution in [3.05, 3.63) is 30.3 Å². The van der Waals surface area contributed by atoms with Gasteiger partial charge in [0.25, 0.3) is 5.91 Å². The number of aliphatic hydroxyl groups is 1. The molecule has 25 heavy (non-hydrogen) atoms. The van der Waals surface area contributed by atoms with Gasteiger partial charge < -0.3 is 15.3 Å². The molecule has 1 unspecified atom stereocenters. The Balaban J connectivity index is 1.48. The van der Waals surface area contributed by atoms with Crippen molar-refractivity contribution < 1.29 is 14.7 Å². The monoisotopic (exact) mass is 346 g/mol. The van der Waals surface area contributed by atoms with E-state index in [0.717, 1.165) is 31.1 Å². The first kappa shape index (κ1) is 17.7. The summed E-state index contributed by atoms with van der Waals surface area (Å²) < 4.78 is 0. The number of anilines is 1. The molecule has 1 aromatic carbocycles. The van der Waals surface area contributed by atoms with Crippen LogP contribution in [0.5, 0.6) is 0 Å². The summed E-state index contributed by atoms with van der Waals surface area (Å²) in [5.41, 5.74) is 0.322. The van der Waals surface area contributed by atoms with Gasteiger partial charge in [0.1, 0.15) is 5.54 Å². The minimum atomic E-state index is -0.891. The number of para-hydroxylation sites is 1. The van der Waals surface area contributed by atoms with Crippen molar-refractivity contribution in [2.24, 2.45) is 0 Å². The topological polar surface area (TPSA) is 76.1 Å². The molecule has 0 aromatic heterocycles. The zero-order chi connectivity index (χ0) is 18.0. The Labute approximate surface area is 148 Å². The summed E-state index contributed by atoms with van der Waals surface area (Å²) in [5, 5.41) is 13.0. The molecule has 136 valence electrons. The minimum absolute atomic E-state index is 0.0347. The number of piperazine rings is 1. The predicted molar refractivity (Wildman–Crippen MR) is 95.4 cm³/mol. The number of imide groups is 1. The zero-order valence-electron chi connectivity index (χ0n) is 14.8. The van der Waals surface area contributed by atoms with Crippen LogP contribution in [-0.4, -0.2) is 77.8 Å². The average molecular weight is 346 g/mol. The summed E-state index contributed by atoms with van der Waals surface area (Å²) in [6, 6.07) is 9.85. The van der Waals surface area contributed by atoms with E-state index < -0.39 is 17.7 Å². The number of nitrogens with zero attached hydrogens (tertiary/aromatic N) is 3. The molecule has 3 amide bonds. The van der Waals surface area contributed by atoms with E-state index in [9.17, 15) is 14.7 Å². The number of hydrogen-bond donors (Lipinski definition) is 2. The van der Waals surface area contributed by atoms with Crippen molar-refractivity contribution in [3.8, 4) is 0 Å². The second-order valence-corrected chi connectivity index (χ2v) is 7.25. The number of benzene rings is 1. The first-order valence-electron chi connectivity index (χ1n) is 8.71. The van der Waals surface area contributed by atoms with Gasteiger partial charge in [-0.25, -0.2) is 4.79 Å². The molecule has 1 aromatic rings. The van der Waals surface area contributed by atoms with Gasteiger partial charge in [0, 0.05) is 38.4 Å². The molecule has 0 saturated carbocycles. The smallest absolute Gasteiger partial charge is 0.325 e. The van der Waals surface area contributed by atoms with E-state index in [1.807, 2.05) is 18.2 Å². The van der Waals surface area contributed by atoms with Gasteiger partial charge >= 0.3 is 6.03 Å². The number of nitrogens with one attached hydrogen (secondary N) is 1. The van der Waals surface area contributed by atoms with Crippen molar-refractivity contribution in [2.45, 2.75) is 25.5 Å². The fourth-order valence-corrected chi connectivity index (χ4v) is 3.38. The molecule has 3 rings (SSSR count). The summed E-state index contributed by atoms with van der Waals surface area (Å²) in [6.45, 7) is 7.31. The molecule has 2 saturated heterocycles. The summed E-state index contributed by atoms with van der Waals surface area (Å²) >= 11 is 0. The van der Waals surface area contributed by atoms with E-state index in [2.05, 4.69) is 27.2 Å². The van der Waals surface area contributed by atoms with Crippen molar-refractivity contribution >= 4 is 17.6 Å². The number of aliphatic hydroxyl groups excluding tert-OH is 1. The van der Waals surface area contributed by atoms with Crippen LogP contribution in [-0.2, 0) is 4.79 Å². The molecule has 0 aliphatic carbocycles. The number of urea groups is 1. The van der Waals surface area contributed by atoms with Gasteiger partial charge in [-0.2, -0.15) is 0 Å². The van der Waals surface area contributed by atoms with Crippen molar-refractivity contribution in [1.29, 1.82) is 0 Å². The standard InChI is InChI=1S/C18H26N4O3/c1-18(2)16(24)22(17(25)19-18)13-15(23)12-20-8-10-21(11-9-20)14-6-4-3-5-7-14/h3-7,15,23H,8-13H2,1-2H3,(H,19,25). The first-order valence-corrected chi connectivity index (χ1v) is 8.71. The van der Waals surface area contributed by atoms with E-state index in [1.165, 1.54) is 5.69 Å². The molecule has 7 nitrogen and oxygen atoms in total. The van der Waals surface area contributed by atoms with Crippen LogP contribution in [0.15, 0.2) is 30.3 Å². The lowest BCUT2D eigenvalue weighted by Crippen LogP contribution is -2.50. The molecule has 2 N–H and O–H groups in total. The Bertz CT molecular complexity index is 626. The molecule has 7 heteroatoms. The van der Waals surface area contributed by atoms with Gasteiger partial charge in [0.2, 0.25) is 0 Å². The maximum atomic E-state index is 12.2. The molecule has 2 heterocycles. The number of carbonyl (C=O) groups excluding carboxylic acids is 2. The fourth-order valence-electron chi connectivity index (χ4n) is 3.38. The van der Waals surface area contributed by atoms with E-state index >= 15 is 0 Å². The first-order chi connectivity index (χ1) is 11.9. The van der Waals surface area contributed by atoms with Crippen molar-refractivity contribution in [2.75, 3.05) is 44.2 Å². The summed E-state index contributed by atoms with van der Waals surface area (Å²) in [6.07, 6.45) is -0.744. The number of carbonyl (C=O) groups is 2. The van der Waals surface area contributed by atoms with Gasteiger partial charge in [-0.05, 0) is 26.0 Å². The third-order valence-electron chi connectivity index (χ3n) is 4.80. The second kappa shape index (κ2) is 7.01. The highest BCUT2D eigenvalue weighted by Gasteiger charge is 2.44. The Kier molecular flexibility index (Phi) is 4.96. The van der Waals surface area contributed by atoms with Gasteiger partial charge in [-0.3, -0.25) is 14.6 Å². The second-order valence-electron chi connectivity index (χ2n) is 7.25. The van der Waals surface area contributed by atoms with E-state index in [-0.39, 0.29) is 12.5 Å². The molecule has 2 aliphatic heterocycles. The van der Waals surface area contributed by atoms with Gasteiger partial charge in [0.15, 0.2) is 0 Å². The summed E-state index contributed by atoms with van der Waals surface area (Å²) in [7, 11) is 0. The van der Waals surface area contributed by atoms with Crippen LogP contribution in [0.4, 0.5) is 10.5 Å². The van der Waals surface area contributed by atoms with Crippen molar-refractivity contribution in [3.63, 3.8) is 0 Å². The quantitative estimate of drug-likeness (QED) is 0.760. The van der Waals surface area contributed by atoms with E-state index in [0.29, 0.717) is 6.54 Å². The molecular formula is C18H26N4O3. The molecule has 2 fully saturated rings. The van der Waals surface area contributed by atoms with E-state index in [4.69, 9.17) is 0 Å².